The molecule has 4 rings (SSSR count). The van der Waals surface area contributed by atoms with Crippen molar-refractivity contribution in [2.75, 3.05) is 13.7 Å². The second-order valence-electron chi connectivity index (χ2n) is 9.04. The Hall–Kier alpha value is -4.18. The van der Waals surface area contributed by atoms with Crippen molar-refractivity contribution in [3.05, 3.63) is 93.7 Å². The van der Waals surface area contributed by atoms with Crippen molar-refractivity contribution in [1.29, 1.82) is 5.41 Å². The number of hydrogen-bond donors (Lipinski definition) is 4. The standard InChI is InChI=1S/C28H31N5O4S/c1-37-28(36)32-24(23(18-9-4-2-5-10-18)19-11-6-3-7-12-19)27(35)33-14-8-13-22(33)26(34)31-16-21-15-20(17-38-21)25(29)30/h2-7,9-12,15,17,22-24H,8,13-14,16H2,1H3,(H3,29,30)(H,31,34)(H,32,36)/t22-,24+/m0/s1. The number of rotatable bonds is 9. The second kappa shape index (κ2) is 12.4. The van der Waals surface area contributed by atoms with Gasteiger partial charge in [0.1, 0.15) is 17.9 Å². The van der Waals surface area contributed by atoms with Gasteiger partial charge in [0.05, 0.1) is 13.7 Å². The van der Waals surface area contributed by atoms with E-state index in [1.54, 1.807) is 16.3 Å². The van der Waals surface area contributed by atoms with Crippen LogP contribution in [0.2, 0.25) is 0 Å². The van der Waals surface area contributed by atoms with Crippen molar-refractivity contribution < 1.29 is 19.1 Å². The second-order valence-corrected chi connectivity index (χ2v) is 10.0. The molecule has 0 spiro atoms. The summed E-state index contributed by atoms with van der Waals surface area (Å²) < 4.78 is 4.87. The fraction of sp³-hybridized carbons (Fsp3) is 0.286. The number of carbonyl (C=O) groups excluding carboxylic acids is 3. The molecular weight excluding hydrogens is 502 g/mol. The summed E-state index contributed by atoms with van der Waals surface area (Å²) in [5, 5.41) is 15.0. The van der Waals surface area contributed by atoms with Gasteiger partial charge in [-0.2, -0.15) is 0 Å². The topological polar surface area (TPSA) is 138 Å². The van der Waals surface area contributed by atoms with Gasteiger partial charge >= 0.3 is 6.09 Å². The number of nitrogens with two attached hydrogens (primary N) is 1. The van der Waals surface area contributed by atoms with Crippen molar-refractivity contribution in [2.45, 2.75) is 37.4 Å². The lowest BCUT2D eigenvalue weighted by molar-refractivity contribution is -0.140. The molecule has 3 aromatic rings. The molecular formula is C28H31N5O4S. The summed E-state index contributed by atoms with van der Waals surface area (Å²) in [7, 11) is 1.26. The minimum atomic E-state index is -0.990. The Morgan fingerprint density at radius 3 is 2.29 bits per heavy atom. The number of nitrogens with zero attached hydrogens (tertiary/aromatic N) is 1. The zero-order chi connectivity index (χ0) is 27.1. The molecule has 1 aliphatic heterocycles. The third-order valence-corrected chi connectivity index (χ3v) is 7.55. The summed E-state index contributed by atoms with van der Waals surface area (Å²) in [5.74, 6) is -1.13. The average Bonchev–Trinajstić information content (AvgIpc) is 3.62. The molecule has 2 aromatic carbocycles. The van der Waals surface area contributed by atoms with Crippen molar-refractivity contribution in [2.24, 2.45) is 5.73 Å². The zero-order valence-corrected chi connectivity index (χ0v) is 21.9. The summed E-state index contributed by atoms with van der Waals surface area (Å²) in [4.78, 5) is 42.1. The Kier molecular flexibility index (Phi) is 8.75. The van der Waals surface area contributed by atoms with Gasteiger partial charge in [-0.1, -0.05) is 60.7 Å². The minimum absolute atomic E-state index is 0.0260. The first-order chi connectivity index (χ1) is 18.4. The highest BCUT2D eigenvalue weighted by atomic mass is 32.1. The molecule has 2 atom stereocenters. The van der Waals surface area contributed by atoms with E-state index in [1.165, 1.54) is 18.4 Å². The van der Waals surface area contributed by atoms with E-state index < -0.39 is 24.1 Å². The van der Waals surface area contributed by atoms with Crippen LogP contribution in [0.25, 0.3) is 0 Å². The highest BCUT2D eigenvalue weighted by Gasteiger charge is 2.41. The first-order valence-corrected chi connectivity index (χ1v) is 13.2. The highest BCUT2D eigenvalue weighted by molar-refractivity contribution is 7.10. The molecule has 198 valence electrons. The molecule has 0 bridgehead atoms. The van der Waals surface area contributed by atoms with Crippen LogP contribution in [-0.2, 0) is 20.9 Å². The van der Waals surface area contributed by atoms with E-state index in [4.69, 9.17) is 15.9 Å². The van der Waals surface area contributed by atoms with E-state index in [0.717, 1.165) is 16.0 Å². The van der Waals surface area contributed by atoms with Gasteiger partial charge in [0.15, 0.2) is 0 Å². The molecule has 5 N–H and O–H groups in total. The van der Waals surface area contributed by atoms with Gasteiger partial charge in [0, 0.05) is 28.3 Å². The first-order valence-electron chi connectivity index (χ1n) is 12.3. The Morgan fingerprint density at radius 2 is 1.74 bits per heavy atom. The average molecular weight is 534 g/mol. The number of amidine groups is 1. The van der Waals surface area contributed by atoms with Gasteiger partial charge in [-0.3, -0.25) is 15.0 Å². The van der Waals surface area contributed by atoms with E-state index in [0.29, 0.717) is 24.9 Å². The molecule has 1 fully saturated rings. The van der Waals surface area contributed by atoms with Gasteiger partial charge in [0.25, 0.3) is 0 Å². The number of thiophene rings is 1. The molecule has 0 aliphatic carbocycles. The highest BCUT2D eigenvalue weighted by Crippen LogP contribution is 2.31. The Morgan fingerprint density at radius 1 is 1.11 bits per heavy atom. The number of nitrogen functional groups attached to an aromatic ring is 1. The van der Waals surface area contributed by atoms with E-state index >= 15 is 0 Å². The number of alkyl carbamates (subject to hydrolysis) is 1. The van der Waals surface area contributed by atoms with Crippen LogP contribution in [0.1, 0.15) is 40.3 Å². The number of hydrogen-bond acceptors (Lipinski definition) is 6. The third kappa shape index (κ3) is 6.20. The molecule has 0 saturated carbocycles. The molecule has 0 unspecified atom stereocenters. The van der Waals surface area contributed by atoms with Crippen LogP contribution < -0.4 is 16.4 Å². The fourth-order valence-electron chi connectivity index (χ4n) is 4.76. The molecule has 0 radical (unpaired) electrons. The van der Waals surface area contributed by atoms with E-state index in [1.807, 2.05) is 60.7 Å². The van der Waals surface area contributed by atoms with Gasteiger partial charge in [0.2, 0.25) is 11.8 Å². The smallest absolute Gasteiger partial charge is 0.407 e. The van der Waals surface area contributed by atoms with Crippen LogP contribution in [0, 0.1) is 5.41 Å². The summed E-state index contributed by atoms with van der Waals surface area (Å²) in [6.07, 6.45) is 0.468. The number of benzene rings is 2. The lowest BCUT2D eigenvalue weighted by Gasteiger charge is -2.33. The zero-order valence-electron chi connectivity index (χ0n) is 21.1. The number of nitrogens with one attached hydrogen (secondary N) is 3. The van der Waals surface area contributed by atoms with E-state index in [9.17, 15) is 14.4 Å². The van der Waals surface area contributed by atoms with Gasteiger partial charge in [-0.25, -0.2) is 4.79 Å². The van der Waals surface area contributed by atoms with Crippen LogP contribution in [0.5, 0.6) is 0 Å². The van der Waals surface area contributed by atoms with Crippen LogP contribution in [0.3, 0.4) is 0 Å². The molecule has 38 heavy (non-hydrogen) atoms. The van der Waals surface area contributed by atoms with E-state index in [-0.39, 0.29) is 24.2 Å². The number of carbonyl (C=O) groups is 3. The molecule has 3 amide bonds. The normalized spacial score (nSPS) is 15.6. The third-order valence-electron chi connectivity index (χ3n) is 6.62. The van der Waals surface area contributed by atoms with Crippen LogP contribution in [-0.4, -0.2) is 54.4 Å². The predicted octanol–water partition coefficient (Wildman–Crippen LogP) is 3.20. The van der Waals surface area contributed by atoms with Gasteiger partial charge in [-0.05, 0) is 30.0 Å². The Balaban J connectivity index is 1.59. The van der Waals surface area contributed by atoms with Crippen molar-refractivity contribution >= 4 is 35.1 Å². The number of likely N-dealkylation sites (tertiary alicyclic amines) is 1. The number of amides is 3. The molecule has 10 heteroatoms. The number of ether oxygens (including phenoxy) is 1. The summed E-state index contributed by atoms with van der Waals surface area (Å²) in [5.41, 5.74) is 7.86. The fourth-order valence-corrected chi connectivity index (χ4v) is 5.58. The minimum Gasteiger partial charge on any atom is -0.453 e. The van der Waals surface area contributed by atoms with Crippen LogP contribution >= 0.6 is 11.3 Å². The summed E-state index contributed by atoms with van der Waals surface area (Å²) in [6.45, 7) is 0.676. The largest absolute Gasteiger partial charge is 0.453 e. The van der Waals surface area contributed by atoms with Crippen molar-refractivity contribution in [3.8, 4) is 0 Å². The first kappa shape index (κ1) is 26.9. The number of methoxy groups -OCH3 is 1. The quantitative estimate of drug-likeness (QED) is 0.247. The van der Waals surface area contributed by atoms with Gasteiger partial charge in [-0.15, -0.1) is 11.3 Å². The van der Waals surface area contributed by atoms with Crippen molar-refractivity contribution in [3.63, 3.8) is 0 Å². The maximum atomic E-state index is 14.1. The SMILES string of the molecule is COC(=O)N[C@@H](C(=O)N1CCC[C@H]1C(=O)NCc1cc(C(=N)N)cs1)C(c1ccccc1)c1ccccc1. The predicted molar refractivity (Wildman–Crippen MR) is 146 cm³/mol. The molecule has 1 saturated heterocycles. The summed E-state index contributed by atoms with van der Waals surface area (Å²) >= 11 is 1.41. The van der Waals surface area contributed by atoms with Crippen molar-refractivity contribution in [1.82, 2.24) is 15.5 Å². The Labute approximate surface area is 225 Å². The maximum absolute atomic E-state index is 14.1. The van der Waals surface area contributed by atoms with E-state index in [2.05, 4.69) is 10.6 Å². The Bertz CT molecular complexity index is 1240. The summed E-state index contributed by atoms with van der Waals surface area (Å²) in [6, 6.07) is 19.1. The van der Waals surface area contributed by atoms with Gasteiger partial charge < -0.3 is 26.0 Å². The lowest BCUT2D eigenvalue weighted by atomic mass is 9.84. The monoisotopic (exact) mass is 533 g/mol. The molecule has 1 aliphatic rings. The van der Waals surface area contributed by atoms with Crippen LogP contribution in [0.4, 0.5) is 4.79 Å². The molecule has 9 nitrogen and oxygen atoms in total. The lowest BCUT2D eigenvalue weighted by Crippen LogP contribution is -2.55. The van der Waals surface area contributed by atoms with Crippen LogP contribution in [0.15, 0.2) is 72.1 Å². The molecule has 1 aromatic heterocycles. The molecule has 2 heterocycles. The maximum Gasteiger partial charge on any atom is 0.407 e.